The van der Waals surface area contributed by atoms with Gasteiger partial charge in [-0.3, -0.25) is 4.79 Å². The van der Waals surface area contributed by atoms with Crippen LogP contribution in [0.15, 0.2) is 30.3 Å². The topological polar surface area (TPSA) is 50.4 Å². The molecule has 22 heavy (non-hydrogen) atoms. The number of ether oxygens (including phenoxy) is 1. The van der Waals surface area contributed by atoms with Gasteiger partial charge in [0.05, 0.1) is 13.2 Å². The summed E-state index contributed by atoms with van der Waals surface area (Å²) in [6.45, 7) is 5.24. The van der Waals surface area contributed by atoms with Gasteiger partial charge in [0.2, 0.25) is 5.91 Å². The average molecular weight is 306 g/mol. The maximum Gasteiger partial charge on any atom is 0.234 e. The average Bonchev–Trinajstić information content (AvgIpc) is 2.54. The highest BCUT2D eigenvalue weighted by atomic mass is 16.5. The number of amides is 1. The first-order valence-corrected chi connectivity index (χ1v) is 8.42. The summed E-state index contributed by atoms with van der Waals surface area (Å²) in [5.74, 6) is 0.0162. The minimum Gasteiger partial charge on any atom is -0.380 e. The molecule has 4 heteroatoms. The van der Waals surface area contributed by atoms with Crippen molar-refractivity contribution < 1.29 is 9.53 Å². The summed E-state index contributed by atoms with van der Waals surface area (Å²) < 4.78 is 5.50. The van der Waals surface area contributed by atoms with Crippen molar-refractivity contribution >= 4 is 5.91 Å². The summed E-state index contributed by atoms with van der Waals surface area (Å²) >= 11 is 0. The van der Waals surface area contributed by atoms with E-state index in [0.717, 1.165) is 13.0 Å². The van der Waals surface area contributed by atoms with Gasteiger partial charge in [-0.05, 0) is 12.0 Å². The van der Waals surface area contributed by atoms with Gasteiger partial charge in [0.15, 0.2) is 0 Å². The fourth-order valence-electron chi connectivity index (χ4n) is 2.15. The van der Waals surface area contributed by atoms with E-state index in [-0.39, 0.29) is 5.91 Å². The number of nitrogens with one attached hydrogen (secondary N) is 2. The van der Waals surface area contributed by atoms with Crippen LogP contribution in [0.2, 0.25) is 0 Å². The maximum atomic E-state index is 11.6. The van der Waals surface area contributed by atoms with E-state index in [9.17, 15) is 4.79 Å². The molecule has 0 unspecified atom stereocenters. The third kappa shape index (κ3) is 10.4. The summed E-state index contributed by atoms with van der Waals surface area (Å²) in [4.78, 5) is 11.6. The Hall–Kier alpha value is -1.39. The molecule has 0 aliphatic carbocycles. The van der Waals surface area contributed by atoms with E-state index >= 15 is 0 Å². The number of hydrogen-bond donors (Lipinski definition) is 2. The third-order valence-electron chi connectivity index (χ3n) is 3.42. The molecule has 1 aromatic rings. The predicted octanol–water partition coefficient (Wildman–Crippen LogP) is 2.88. The first kappa shape index (κ1) is 18.7. The van der Waals surface area contributed by atoms with Crippen molar-refractivity contribution in [1.29, 1.82) is 0 Å². The number of hydrogen-bond acceptors (Lipinski definition) is 3. The van der Waals surface area contributed by atoms with E-state index in [0.29, 0.717) is 26.2 Å². The van der Waals surface area contributed by atoms with Crippen molar-refractivity contribution in [1.82, 2.24) is 10.6 Å². The molecule has 1 aromatic carbocycles. The first-order valence-electron chi connectivity index (χ1n) is 8.42. The molecule has 1 amide bonds. The summed E-state index contributed by atoms with van der Waals surface area (Å²) in [5.41, 5.74) is 1.18. The predicted molar refractivity (Wildman–Crippen MR) is 90.7 cm³/mol. The van der Waals surface area contributed by atoms with Crippen LogP contribution in [0.1, 0.15) is 44.6 Å². The molecule has 1 rings (SSSR count). The molecule has 0 atom stereocenters. The molecule has 0 aromatic heterocycles. The van der Waals surface area contributed by atoms with E-state index in [2.05, 4.69) is 17.6 Å². The van der Waals surface area contributed by atoms with Gasteiger partial charge in [-0.15, -0.1) is 0 Å². The van der Waals surface area contributed by atoms with Crippen LogP contribution < -0.4 is 10.6 Å². The molecule has 4 nitrogen and oxygen atoms in total. The van der Waals surface area contributed by atoms with E-state index in [4.69, 9.17) is 4.74 Å². The van der Waals surface area contributed by atoms with Crippen LogP contribution in [0, 0.1) is 0 Å². The molecular weight excluding hydrogens is 276 g/mol. The molecule has 0 heterocycles. The smallest absolute Gasteiger partial charge is 0.234 e. The van der Waals surface area contributed by atoms with Crippen LogP contribution >= 0.6 is 0 Å². The number of rotatable bonds is 13. The van der Waals surface area contributed by atoms with Crippen molar-refractivity contribution in [2.24, 2.45) is 0 Å². The van der Waals surface area contributed by atoms with Gasteiger partial charge in [0.25, 0.3) is 0 Å². The van der Waals surface area contributed by atoms with Gasteiger partial charge >= 0.3 is 0 Å². The highest BCUT2D eigenvalue weighted by molar-refractivity contribution is 5.77. The summed E-state index contributed by atoms with van der Waals surface area (Å²) in [6.07, 6.45) is 6.23. The van der Waals surface area contributed by atoms with Gasteiger partial charge in [-0.25, -0.2) is 0 Å². The molecule has 0 saturated carbocycles. The van der Waals surface area contributed by atoms with Crippen molar-refractivity contribution in [3.05, 3.63) is 35.9 Å². The van der Waals surface area contributed by atoms with Crippen LogP contribution in [-0.2, 0) is 16.1 Å². The lowest BCUT2D eigenvalue weighted by Gasteiger charge is -2.07. The molecule has 0 fully saturated rings. The van der Waals surface area contributed by atoms with Crippen molar-refractivity contribution in [2.75, 3.05) is 26.3 Å². The molecule has 0 radical (unpaired) electrons. The van der Waals surface area contributed by atoms with Gasteiger partial charge < -0.3 is 15.4 Å². The van der Waals surface area contributed by atoms with Crippen LogP contribution in [0.3, 0.4) is 0 Å². The minimum absolute atomic E-state index is 0.0162. The lowest BCUT2D eigenvalue weighted by molar-refractivity contribution is -0.120. The molecule has 124 valence electrons. The third-order valence-corrected chi connectivity index (χ3v) is 3.42. The van der Waals surface area contributed by atoms with Gasteiger partial charge in [-0.1, -0.05) is 62.9 Å². The van der Waals surface area contributed by atoms with Crippen LogP contribution in [0.4, 0.5) is 0 Å². The number of unbranched alkanes of at least 4 members (excludes halogenated alkanes) is 4. The zero-order valence-electron chi connectivity index (χ0n) is 13.8. The van der Waals surface area contributed by atoms with E-state index in [1.54, 1.807) is 0 Å². The molecule has 0 bridgehead atoms. The highest BCUT2D eigenvalue weighted by Gasteiger charge is 2.00. The SMILES string of the molecule is CCCCCCCOCCNC(=O)CNCc1ccccc1. The second-order valence-electron chi connectivity index (χ2n) is 5.47. The van der Waals surface area contributed by atoms with Crippen LogP contribution in [0.25, 0.3) is 0 Å². The van der Waals surface area contributed by atoms with Gasteiger partial charge in [0, 0.05) is 19.7 Å². The number of carbonyl (C=O) groups is 1. The van der Waals surface area contributed by atoms with E-state index in [1.165, 1.54) is 31.2 Å². The van der Waals surface area contributed by atoms with Gasteiger partial charge in [-0.2, -0.15) is 0 Å². The maximum absolute atomic E-state index is 11.6. The zero-order valence-corrected chi connectivity index (χ0v) is 13.8. The van der Waals surface area contributed by atoms with Crippen molar-refractivity contribution in [3.63, 3.8) is 0 Å². The second-order valence-corrected chi connectivity index (χ2v) is 5.47. The van der Waals surface area contributed by atoms with E-state index < -0.39 is 0 Å². The molecular formula is C18H30N2O2. The Morgan fingerprint density at radius 2 is 1.82 bits per heavy atom. The monoisotopic (exact) mass is 306 g/mol. The Labute approximate surface area is 134 Å². The Bertz CT molecular complexity index is 382. The van der Waals surface area contributed by atoms with Crippen molar-refractivity contribution in [3.8, 4) is 0 Å². The fourth-order valence-corrected chi connectivity index (χ4v) is 2.15. The van der Waals surface area contributed by atoms with Crippen molar-refractivity contribution in [2.45, 2.75) is 45.6 Å². The molecule has 0 saturated heterocycles. The second kappa shape index (κ2) is 13.3. The first-order chi connectivity index (χ1) is 10.8. The number of benzene rings is 1. The summed E-state index contributed by atoms with van der Waals surface area (Å²) in [7, 11) is 0. The molecule has 2 N–H and O–H groups in total. The highest BCUT2D eigenvalue weighted by Crippen LogP contribution is 2.02. The van der Waals surface area contributed by atoms with Crippen LogP contribution in [-0.4, -0.2) is 32.2 Å². The normalized spacial score (nSPS) is 10.6. The Morgan fingerprint density at radius 3 is 2.59 bits per heavy atom. The Balaban J connectivity index is 1.87. The Morgan fingerprint density at radius 1 is 1.05 bits per heavy atom. The zero-order chi connectivity index (χ0) is 15.9. The molecule has 0 aliphatic rings. The standard InChI is InChI=1S/C18H30N2O2/c1-2-3-4-5-9-13-22-14-12-20-18(21)16-19-15-17-10-7-6-8-11-17/h6-8,10-11,19H,2-5,9,12-16H2,1H3,(H,20,21). The molecule has 0 aliphatic heterocycles. The number of carbonyl (C=O) groups excluding carboxylic acids is 1. The lowest BCUT2D eigenvalue weighted by atomic mass is 10.2. The summed E-state index contributed by atoms with van der Waals surface area (Å²) in [6, 6.07) is 10.1. The quantitative estimate of drug-likeness (QED) is 0.551. The molecule has 0 spiro atoms. The minimum atomic E-state index is 0.0162. The lowest BCUT2D eigenvalue weighted by Crippen LogP contribution is -2.35. The van der Waals surface area contributed by atoms with E-state index in [1.807, 2.05) is 30.3 Å². The summed E-state index contributed by atoms with van der Waals surface area (Å²) in [5, 5.41) is 5.98. The fraction of sp³-hybridized carbons (Fsp3) is 0.611. The Kier molecular flexibility index (Phi) is 11.3. The van der Waals surface area contributed by atoms with Crippen LogP contribution in [0.5, 0.6) is 0 Å². The largest absolute Gasteiger partial charge is 0.380 e. The van der Waals surface area contributed by atoms with Gasteiger partial charge in [0.1, 0.15) is 0 Å².